The van der Waals surface area contributed by atoms with Gasteiger partial charge in [0.2, 0.25) is 0 Å². The van der Waals surface area contributed by atoms with E-state index in [1.807, 2.05) is 6.92 Å². The smallest absolute Gasteiger partial charge is 0.425 e. The van der Waals surface area contributed by atoms with Crippen LogP contribution in [0.5, 0.6) is 0 Å². The van der Waals surface area contributed by atoms with Gasteiger partial charge in [-0.2, -0.15) is 13.2 Å². The minimum absolute atomic E-state index is 0.112. The highest BCUT2D eigenvalue weighted by Crippen LogP contribution is 2.28. The fraction of sp³-hybridized carbons (Fsp3) is 0.533. The number of hydrogen-bond donors (Lipinski definition) is 0. The molecule has 0 amide bonds. The Hall–Kier alpha value is -1.04. The molecule has 0 aliphatic carbocycles. The Morgan fingerprint density at radius 3 is 2.33 bits per heavy atom. The number of halogens is 4. The van der Waals surface area contributed by atoms with Gasteiger partial charge in [-0.1, -0.05) is 42.1 Å². The predicted octanol–water partition coefficient (Wildman–Crippen LogP) is 5.51. The topological polar surface area (TPSA) is 26.3 Å². The zero-order chi connectivity index (χ0) is 15.9. The highest BCUT2D eigenvalue weighted by atomic mass is 79.9. The summed E-state index contributed by atoms with van der Waals surface area (Å²) in [6, 6.07) is 6.02. The predicted molar refractivity (Wildman–Crippen MR) is 78.2 cm³/mol. The van der Waals surface area contributed by atoms with Crippen molar-refractivity contribution in [1.29, 1.82) is 0 Å². The van der Waals surface area contributed by atoms with Gasteiger partial charge >= 0.3 is 12.1 Å². The number of carbonyl (C=O) groups is 1. The maximum Gasteiger partial charge on any atom is 0.425 e. The number of carbonyl (C=O) groups excluding carboxylic acids is 1. The second-order valence-electron chi connectivity index (χ2n) is 4.79. The Morgan fingerprint density at radius 2 is 1.81 bits per heavy atom. The van der Waals surface area contributed by atoms with E-state index in [9.17, 15) is 18.0 Å². The van der Waals surface area contributed by atoms with Crippen LogP contribution < -0.4 is 0 Å². The average molecular weight is 367 g/mol. The molecule has 1 rings (SSSR count). The molecule has 0 saturated carbocycles. The van der Waals surface area contributed by atoms with Crippen molar-refractivity contribution in [3.63, 3.8) is 0 Å². The molecule has 0 bridgehead atoms. The molecule has 0 aromatic heterocycles. The van der Waals surface area contributed by atoms with Gasteiger partial charge in [0.1, 0.15) is 0 Å². The van der Waals surface area contributed by atoms with Crippen LogP contribution in [0.25, 0.3) is 0 Å². The standard InChI is InChI=1S/C15H18BrF3O2/c1-2-3-4-5-6-13(15(17,18)19)21-14(20)11-7-9-12(16)10-8-11/h7-10,13H,2-6H2,1H3. The van der Waals surface area contributed by atoms with Crippen LogP contribution in [0.3, 0.4) is 0 Å². The van der Waals surface area contributed by atoms with Crippen LogP contribution in [0.15, 0.2) is 28.7 Å². The van der Waals surface area contributed by atoms with Crippen molar-refractivity contribution in [1.82, 2.24) is 0 Å². The van der Waals surface area contributed by atoms with Crippen LogP contribution in [0.4, 0.5) is 13.2 Å². The molecule has 0 aliphatic heterocycles. The van der Waals surface area contributed by atoms with Gasteiger partial charge < -0.3 is 4.74 Å². The molecule has 0 fully saturated rings. The molecule has 1 aromatic carbocycles. The third-order valence-electron chi connectivity index (χ3n) is 3.01. The van der Waals surface area contributed by atoms with Crippen molar-refractivity contribution in [3.8, 4) is 0 Å². The molecule has 2 nitrogen and oxygen atoms in total. The largest absolute Gasteiger partial charge is 0.449 e. The first kappa shape index (κ1) is 18.0. The second kappa shape index (κ2) is 8.41. The first-order valence-corrected chi connectivity index (χ1v) is 7.67. The first-order chi connectivity index (χ1) is 9.84. The van der Waals surface area contributed by atoms with E-state index in [-0.39, 0.29) is 12.0 Å². The third kappa shape index (κ3) is 6.50. The van der Waals surface area contributed by atoms with E-state index in [1.165, 1.54) is 12.1 Å². The Bertz CT molecular complexity index is 443. The fourth-order valence-electron chi connectivity index (χ4n) is 1.83. The van der Waals surface area contributed by atoms with Gasteiger partial charge in [-0.05, 0) is 37.1 Å². The van der Waals surface area contributed by atoms with E-state index in [2.05, 4.69) is 20.7 Å². The minimum atomic E-state index is -4.53. The molecule has 6 heteroatoms. The molecular weight excluding hydrogens is 349 g/mol. The number of ether oxygens (including phenoxy) is 1. The molecular formula is C15H18BrF3O2. The van der Waals surface area contributed by atoms with Crippen molar-refractivity contribution < 1.29 is 22.7 Å². The summed E-state index contributed by atoms with van der Waals surface area (Å²) < 4.78 is 44.0. The SMILES string of the molecule is CCCCCCC(OC(=O)c1ccc(Br)cc1)C(F)(F)F. The van der Waals surface area contributed by atoms with E-state index < -0.39 is 18.2 Å². The third-order valence-corrected chi connectivity index (χ3v) is 3.54. The molecule has 21 heavy (non-hydrogen) atoms. The minimum Gasteiger partial charge on any atom is -0.449 e. The van der Waals surface area contributed by atoms with Crippen LogP contribution in [0, 0.1) is 0 Å². The van der Waals surface area contributed by atoms with Crippen LogP contribution in [0.1, 0.15) is 49.4 Å². The van der Waals surface area contributed by atoms with E-state index in [0.717, 1.165) is 17.3 Å². The molecule has 118 valence electrons. The molecule has 0 spiro atoms. The number of unbranched alkanes of at least 4 members (excludes halogenated alkanes) is 3. The van der Waals surface area contributed by atoms with Gasteiger partial charge in [-0.25, -0.2) is 4.79 Å². The van der Waals surface area contributed by atoms with E-state index in [4.69, 9.17) is 0 Å². The molecule has 1 unspecified atom stereocenters. The quantitative estimate of drug-likeness (QED) is 0.469. The second-order valence-corrected chi connectivity index (χ2v) is 5.71. The van der Waals surface area contributed by atoms with Gasteiger partial charge in [-0.3, -0.25) is 0 Å². The Balaban J connectivity index is 2.63. The van der Waals surface area contributed by atoms with E-state index in [1.54, 1.807) is 12.1 Å². The van der Waals surface area contributed by atoms with Crippen molar-refractivity contribution in [2.75, 3.05) is 0 Å². The molecule has 0 radical (unpaired) electrons. The highest BCUT2D eigenvalue weighted by Gasteiger charge is 2.42. The van der Waals surface area contributed by atoms with Gasteiger partial charge in [-0.15, -0.1) is 0 Å². The number of benzene rings is 1. The molecule has 1 atom stereocenters. The molecule has 0 heterocycles. The van der Waals surface area contributed by atoms with Crippen molar-refractivity contribution >= 4 is 21.9 Å². The summed E-state index contributed by atoms with van der Waals surface area (Å²) in [4.78, 5) is 11.8. The van der Waals surface area contributed by atoms with Gasteiger partial charge in [0.15, 0.2) is 6.10 Å². The Kier molecular flexibility index (Phi) is 7.22. The van der Waals surface area contributed by atoms with E-state index >= 15 is 0 Å². The summed E-state index contributed by atoms with van der Waals surface area (Å²) in [5.41, 5.74) is 0.112. The zero-order valence-corrected chi connectivity index (χ0v) is 13.3. The molecule has 1 aromatic rings. The summed E-state index contributed by atoms with van der Waals surface area (Å²) >= 11 is 3.19. The van der Waals surface area contributed by atoms with Crippen LogP contribution in [-0.4, -0.2) is 18.2 Å². The summed E-state index contributed by atoms with van der Waals surface area (Å²) in [7, 11) is 0. The summed E-state index contributed by atoms with van der Waals surface area (Å²) in [6.45, 7) is 1.98. The van der Waals surface area contributed by atoms with Crippen LogP contribution in [-0.2, 0) is 4.74 Å². The molecule has 0 N–H and O–H groups in total. The fourth-order valence-corrected chi connectivity index (χ4v) is 2.09. The highest BCUT2D eigenvalue weighted by molar-refractivity contribution is 9.10. The monoisotopic (exact) mass is 366 g/mol. The number of rotatable bonds is 7. The summed E-state index contributed by atoms with van der Waals surface area (Å²) in [6.07, 6.45) is -3.83. The lowest BCUT2D eigenvalue weighted by Crippen LogP contribution is -2.33. The van der Waals surface area contributed by atoms with Crippen molar-refractivity contribution in [2.24, 2.45) is 0 Å². The van der Waals surface area contributed by atoms with E-state index in [0.29, 0.717) is 12.8 Å². The average Bonchev–Trinajstić information content (AvgIpc) is 2.41. The molecule has 0 saturated heterocycles. The normalized spacial score (nSPS) is 13.0. The number of alkyl halides is 3. The maximum absolute atomic E-state index is 12.9. The molecule has 0 aliphatic rings. The summed E-state index contributed by atoms with van der Waals surface area (Å²) in [5.74, 6) is -0.944. The number of hydrogen-bond acceptors (Lipinski definition) is 2. The maximum atomic E-state index is 12.9. The Morgan fingerprint density at radius 1 is 1.19 bits per heavy atom. The lowest BCUT2D eigenvalue weighted by Gasteiger charge is -2.20. The lowest BCUT2D eigenvalue weighted by atomic mass is 10.1. The van der Waals surface area contributed by atoms with Gasteiger partial charge in [0.05, 0.1) is 5.56 Å². The van der Waals surface area contributed by atoms with Gasteiger partial charge in [0.25, 0.3) is 0 Å². The summed E-state index contributed by atoms with van der Waals surface area (Å²) in [5, 5.41) is 0. The first-order valence-electron chi connectivity index (χ1n) is 6.88. The Labute approximate surface area is 130 Å². The van der Waals surface area contributed by atoms with Crippen LogP contribution in [0.2, 0.25) is 0 Å². The zero-order valence-electron chi connectivity index (χ0n) is 11.8. The van der Waals surface area contributed by atoms with Crippen LogP contribution >= 0.6 is 15.9 Å². The van der Waals surface area contributed by atoms with Crippen molar-refractivity contribution in [3.05, 3.63) is 34.3 Å². The number of esters is 1. The van der Waals surface area contributed by atoms with Gasteiger partial charge in [0, 0.05) is 4.47 Å². The van der Waals surface area contributed by atoms with Crippen molar-refractivity contribution in [2.45, 2.75) is 51.3 Å². The lowest BCUT2D eigenvalue weighted by molar-refractivity contribution is -0.206.